The summed E-state index contributed by atoms with van der Waals surface area (Å²) in [5.74, 6) is 0.304. The van der Waals surface area contributed by atoms with Crippen LogP contribution in [0.4, 0.5) is 5.13 Å². The predicted molar refractivity (Wildman–Crippen MR) is 131 cm³/mol. The van der Waals surface area contributed by atoms with Crippen molar-refractivity contribution in [3.8, 4) is 5.75 Å². The van der Waals surface area contributed by atoms with E-state index in [9.17, 15) is 9.59 Å². The highest BCUT2D eigenvalue weighted by atomic mass is 35.5. The number of thiazole rings is 1. The normalized spacial score (nSPS) is 15.2. The Labute approximate surface area is 197 Å². The number of ether oxygens (including phenoxy) is 1. The molecule has 1 saturated heterocycles. The molecule has 1 aliphatic rings. The van der Waals surface area contributed by atoms with E-state index in [0.717, 1.165) is 21.5 Å². The molecule has 4 rings (SSSR count). The van der Waals surface area contributed by atoms with Crippen LogP contribution in [-0.2, 0) is 9.59 Å². The molecule has 158 valence electrons. The zero-order valence-corrected chi connectivity index (χ0v) is 19.5. The molecule has 0 aliphatic carbocycles. The molecule has 0 bridgehead atoms. The molecule has 2 aromatic carbocycles. The van der Waals surface area contributed by atoms with Crippen molar-refractivity contribution in [2.24, 2.45) is 0 Å². The van der Waals surface area contributed by atoms with Gasteiger partial charge in [-0.05, 0) is 42.0 Å². The minimum absolute atomic E-state index is 0.110. The lowest BCUT2D eigenvalue weighted by atomic mass is 10.2. The zero-order chi connectivity index (χ0) is 22.0. The van der Waals surface area contributed by atoms with E-state index in [4.69, 9.17) is 28.6 Å². The van der Waals surface area contributed by atoms with Crippen molar-refractivity contribution in [3.05, 3.63) is 58.0 Å². The fourth-order valence-corrected chi connectivity index (χ4v) is 5.36. The van der Waals surface area contributed by atoms with E-state index >= 15 is 0 Å². The van der Waals surface area contributed by atoms with E-state index in [1.807, 2.05) is 24.3 Å². The van der Waals surface area contributed by atoms with Crippen LogP contribution >= 0.6 is 46.9 Å². The van der Waals surface area contributed by atoms with Gasteiger partial charge >= 0.3 is 0 Å². The van der Waals surface area contributed by atoms with Gasteiger partial charge < -0.3 is 10.1 Å². The number of hydrogen-bond acceptors (Lipinski definition) is 7. The number of nitrogens with zero attached hydrogens (tertiary/aromatic N) is 2. The number of carbonyl (C=O) groups excluding carboxylic acids is 2. The van der Waals surface area contributed by atoms with Crippen LogP contribution in [0.2, 0.25) is 5.02 Å². The van der Waals surface area contributed by atoms with Gasteiger partial charge in [0.2, 0.25) is 5.91 Å². The van der Waals surface area contributed by atoms with Crippen LogP contribution in [-0.4, -0.2) is 39.7 Å². The highest BCUT2D eigenvalue weighted by molar-refractivity contribution is 8.26. The molecule has 2 amide bonds. The zero-order valence-electron chi connectivity index (χ0n) is 16.3. The molecule has 0 atom stereocenters. The Kier molecular flexibility index (Phi) is 6.57. The molecular weight excluding hydrogens is 474 g/mol. The summed E-state index contributed by atoms with van der Waals surface area (Å²) in [6.45, 7) is 0.202. The molecule has 1 N–H and O–H groups in total. The van der Waals surface area contributed by atoms with E-state index in [2.05, 4.69) is 10.3 Å². The number of thioether (sulfide) groups is 1. The molecule has 31 heavy (non-hydrogen) atoms. The van der Waals surface area contributed by atoms with Crippen LogP contribution in [0.15, 0.2) is 47.4 Å². The second-order valence-electron chi connectivity index (χ2n) is 6.54. The average molecular weight is 490 g/mol. The summed E-state index contributed by atoms with van der Waals surface area (Å²) in [5.41, 5.74) is 1.64. The molecule has 1 aliphatic heterocycles. The summed E-state index contributed by atoms with van der Waals surface area (Å²) in [4.78, 5) is 31.5. The number of carbonyl (C=O) groups is 2. The van der Waals surface area contributed by atoms with Crippen LogP contribution in [0.25, 0.3) is 16.3 Å². The summed E-state index contributed by atoms with van der Waals surface area (Å²) in [6.07, 6.45) is 1.89. The fraction of sp³-hybridized carbons (Fsp3) is 0.143. The molecule has 0 spiro atoms. The van der Waals surface area contributed by atoms with Crippen LogP contribution in [0, 0.1) is 0 Å². The fourth-order valence-electron chi connectivity index (χ4n) is 2.89. The van der Waals surface area contributed by atoms with Gasteiger partial charge in [-0.1, -0.05) is 59.1 Å². The molecule has 1 aromatic heterocycles. The van der Waals surface area contributed by atoms with Crippen LogP contribution in [0.3, 0.4) is 0 Å². The number of benzene rings is 2. The summed E-state index contributed by atoms with van der Waals surface area (Å²) in [6, 6.07) is 12.7. The van der Waals surface area contributed by atoms with E-state index in [0.29, 0.717) is 19.4 Å². The number of thiocarbonyl (C=S) groups is 1. The maximum absolute atomic E-state index is 12.7. The first-order chi connectivity index (χ1) is 14.9. The maximum atomic E-state index is 12.7. The van der Waals surface area contributed by atoms with Crippen molar-refractivity contribution < 1.29 is 14.3 Å². The molecular formula is C21H16ClN3O3S3. The average Bonchev–Trinajstić information content (AvgIpc) is 3.26. The van der Waals surface area contributed by atoms with Gasteiger partial charge in [-0.15, -0.1) is 0 Å². The lowest BCUT2D eigenvalue weighted by molar-refractivity contribution is -0.122. The van der Waals surface area contributed by atoms with Gasteiger partial charge in [0.25, 0.3) is 5.91 Å². The number of methoxy groups -OCH3 is 1. The SMILES string of the molecule is COc1ccc(/C=C2\SC(=S)N(CCC(=O)Nc3nc4ccc(Cl)cc4s3)C2=O)cc1. The van der Waals surface area contributed by atoms with Crippen molar-refractivity contribution in [1.82, 2.24) is 9.88 Å². The van der Waals surface area contributed by atoms with Crippen molar-refractivity contribution in [1.29, 1.82) is 0 Å². The second-order valence-corrected chi connectivity index (χ2v) is 9.68. The van der Waals surface area contributed by atoms with Crippen LogP contribution in [0.5, 0.6) is 5.75 Å². The Morgan fingerprint density at radius 2 is 2.06 bits per heavy atom. The van der Waals surface area contributed by atoms with Gasteiger partial charge in [-0.3, -0.25) is 14.5 Å². The molecule has 6 nitrogen and oxygen atoms in total. The smallest absolute Gasteiger partial charge is 0.266 e. The number of halogens is 1. The lowest BCUT2D eigenvalue weighted by Crippen LogP contribution is -2.31. The van der Waals surface area contributed by atoms with Crippen molar-refractivity contribution in [2.45, 2.75) is 6.42 Å². The monoisotopic (exact) mass is 489 g/mol. The van der Waals surface area contributed by atoms with E-state index in [1.165, 1.54) is 28.0 Å². The van der Waals surface area contributed by atoms with E-state index in [1.54, 1.807) is 31.4 Å². The van der Waals surface area contributed by atoms with E-state index in [-0.39, 0.29) is 24.8 Å². The maximum Gasteiger partial charge on any atom is 0.266 e. The largest absolute Gasteiger partial charge is 0.497 e. The third-order valence-corrected chi connectivity index (χ3v) is 6.99. The first-order valence-electron chi connectivity index (χ1n) is 9.18. The molecule has 0 radical (unpaired) electrons. The van der Waals surface area contributed by atoms with Crippen LogP contribution in [0.1, 0.15) is 12.0 Å². The van der Waals surface area contributed by atoms with Crippen molar-refractivity contribution in [3.63, 3.8) is 0 Å². The molecule has 3 aromatic rings. The minimum atomic E-state index is -0.238. The van der Waals surface area contributed by atoms with Gasteiger partial charge in [0, 0.05) is 18.0 Å². The number of amides is 2. The van der Waals surface area contributed by atoms with E-state index < -0.39 is 0 Å². The summed E-state index contributed by atoms with van der Waals surface area (Å²) >= 11 is 13.9. The lowest BCUT2D eigenvalue weighted by Gasteiger charge is -2.13. The molecule has 10 heteroatoms. The topological polar surface area (TPSA) is 71.5 Å². The Morgan fingerprint density at radius 1 is 1.29 bits per heavy atom. The van der Waals surface area contributed by atoms with Crippen LogP contribution < -0.4 is 10.1 Å². The van der Waals surface area contributed by atoms with Crippen molar-refractivity contribution in [2.75, 3.05) is 19.0 Å². The van der Waals surface area contributed by atoms with Gasteiger partial charge in [0.05, 0.1) is 22.2 Å². The quantitative estimate of drug-likeness (QED) is 0.379. The van der Waals surface area contributed by atoms with Gasteiger partial charge in [-0.2, -0.15) is 0 Å². The van der Waals surface area contributed by atoms with Gasteiger partial charge in [0.1, 0.15) is 10.1 Å². The predicted octanol–water partition coefficient (Wildman–Crippen LogP) is 5.19. The first kappa shape index (κ1) is 21.8. The number of rotatable bonds is 6. The van der Waals surface area contributed by atoms with Gasteiger partial charge in [0.15, 0.2) is 5.13 Å². The third-order valence-electron chi connectivity index (χ3n) is 4.45. The molecule has 2 heterocycles. The van der Waals surface area contributed by atoms with Crippen molar-refractivity contribution >= 4 is 84.5 Å². The summed E-state index contributed by atoms with van der Waals surface area (Å²) < 4.78 is 6.47. The number of hydrogen-bond donors (Lipinski definition) is 1. The highest BCUT2D eigenvalue weighted by Crippen LogP contribution is 2.33. The number of nitrogens with one attached hydrogen (secondary N) is 1. The molecule has 1 fully saturated rings. The number of anilines is 1. The molecule has 0 unspecified atom stereocenters. The van der Waals surface area contributed by atoms with Gasteiger partial charge in [-0.25, -0.2) is 4.98 Å². The standard InChI is InChI=1S/C21H16ClN3O3S3/c1-28-14-5-2-12(3-6-14)10-17-19(27)25(21(29)31-17)9-8-18(26)24-20-23-15-7-4-13(22)11-16(15)30-20/h2-7,10-11H,8-9H2,1H3,(H,23,24,26)/b17-10-. The Hall–Kier alpha value is -2.46. The molecule has 0 saturated carbocycles. The summed E-state index contributed by atoms with van der Waals surface area (Å²) in [5, 5.41) is 3.89. The Balaban J connectivity index is 1.37. The Bertz CT molecular complexity index is 1210. The summed E-state index contributed by atoms with van der Waals surface area (Å²) in [7, 11) is 1.60. The highest BCUT2D eigenvalue weighted by Gasteiger charge is 2.32. The minimum Gasteiger partial charge on any atom is -0.497 e. The third kappa shape index (κ3) is 5.07. The number of aromatic nitrogens is 1. The number of fused-ring (bicyclic) bond motifs is 1. The Morgan fingerprint density at radius 3 is 2.81 bits per heavy atom. The second kappa shape index (κ2) is 9.35. The first-order valence-corrected chi connectivity index (χ1v) is 11.6.